The standard InChI is InChI=1S/C8H15N3O/c1-5(12)8-7-6(3-9-10-7)4-11(8)2/h6-10H,3-4H2,1-2H3. The van der Waals surface area contributed by atoms with Crippen LogP contribution in [0.4, 0.5) is 0 Å². The molecule has 0 spiro atoms. The number of hydrogen-bond acceptors (Lipinski definition) is 4. The van der Waals surface area contributed by atoms with Crippen LogP contribution in [0.15, 0.2) is 0 Å². The highest BCUT2D eigenvalue weighted by Crippen LogP contribution is 2.24. The zero-order chi connectivity index (χ0) is 8.72. The molecule has 68 valence electrons. The van der Waals surface area contributed by atoms with E-state index >= 15 is 0 Å². The summed E-state index contributed by atoms with van der Waals surface area (Å²) in [6.45, 7) is 3.68. The molecule has 0 radical (unpaired) electrons. The second-order valence-electron chi connectivity index (χ2n) is 3.81. The summed E-state index contributed by atoms with van der Waals surface area (Å²) >= 11 is 0. The van der Waals surface area contributed by atoms with Gasteiger partial charge < -0.3 is 0 Å². The Morgan fingerprint density at radius 1 is 1.58 bits per heavy atom. The fourth-order valence-electron chi connectivity index (χ4n) is 2.39. The summed E-state index contributed by atoms with van der Waals surface area (Å²) < 4.78 is 0. The molecular weight excluding hydrogens is 154 g/mol. The van der Waals surface area contributed by atoms with E-state index in [-0.39, 0.29) is 11.8 Å². The maximum atomic E-state index is 11.3. The first-order valence-corrected chi connectivity index (χ1v) is 4.39. The summed E-state index contributed by atoms with van der Waals surface area (Å²) in [6.07, 6.45) is 0. The van der Waals surface area contributed by atoms with Gasteiger partial charge >= 0.3 is 0 Å². The average molecular weight is 169 g/mol. The summed E-state index contributed by atoms with van der Waals surface area (Å²) in [6, 6.07) is 0.400. The van der Waals surface area contributed by atoms with E-state index in [1.807, 2.05) is 7.05 Å². The molecule has 0 saturated carbocycles. The number of hydrazine groups is 1. The van der Waals surface area contributed by atoms with Crippen LogP contribution in [0.3, 0.4) is 0 Å². The number of hydrogen-bond donors (Lipinski definition) is 2. The highest BCUT2D eigenvalue weighted by atomic mass is 16.1. The van der Waals surface area contributed by atoms with Crippen LogP contribution in [-0.4, -0.2) is 42.9 Å². The molecule has 0 amide bonds. The van der Waals surface area contributed by atoms with Gasteiger partial charge in [-0.25, -0.2) is 0 Å². The molecule has 2 rings (SSSR count). The lowest BCUT2D eigenvalue weighted by molar-refractivity contribution is -0.121. The quantitative estimate of drug-likeness (QED) is 0.527. The molecule has 4 heteroatoms. The number of carbonyl (C=O) groups excluding carboxylic acids is 1. The second-order valence-corrected chi connectivity index (χ2v) is 3.81. The average Bonchev–Trinajstić information content (AvgIpc) is 2.44. The van der Waals surface area contributed by atoms with Crippen molar-refractivity contribution in [1.29, 1.82) is 0 Å². The largest absolute Gasteiger partial charge is 0.298 e. The first-order valence-electron chi connectivity index (χ1n) is 4.39. The Hall–Kier alpha value is -0.450. The van der Waals surface area contributed by atoms with Crippen molar-refractivity contribution < 1.29 is 4.79 Å². The number of Topliss-reactive ketones (excluding diaryl/α,β-unsaturated/α-hetero) is 1. The van der Waals surface area contributed by atoms with E-state index in [4.69, 9.17) is 0 Å². The van der Waals surface area contributed by atoms with Gasteiger partial charge in [0, 0.05) is 25.0 Å². The highest BCUT2D eigenvalue weighted by Gasteiger charge is 2.44. The summed E-state index contributed by atoms with van der Waals surface area (Å²) in [5.74, 6) is 0.866. The molecule has 2 aliphatic heterocycles. The number of carbonyl (C=O) groups is 1. The van der Waals surface area contributed by atoms with E-state index in [1.54, 1.807) is 6.92 Å². The third-order valence-electron chi connectivity index (χ3n) is 2.89. The summed E-state index contributed by atoms with van der Waals surface area (Å²) in [7, 11) is 2.02. The van der Waals surface area contributed by atoms with Crippen molar-refractivity contribution >= 4 is 5.78 Å². The van der Waals surface area contributed by atoms with E-state index in [1.165, 1.54) is 0 Å². The molecule has 2 aliphatic rings. The molecule has 0 aliphatic carbocycles. The smallest absolute Gasteiger partial charge is 0.148 e. The second kappa shape index (κ2) is 2.80. The summed E-state index contributed by atoms with van der Waals surface area (Å²) in [5, 5.41) is 0. The molecule has 3 unspecified atom stereocenters. The molecule has 2 fully saturated rings. The topological polar surface area (TPSA) is 44.4 Å². The molecule has 0 aromatic carbocycles. The van der Waals surface area contributed by atoms with Crippen LogP contribution in [0.5, 0.6) is 0 Å². The van der Waals surface area contributed by atoms with E-state index in [9.17, 15) is 4.79 Å². The molecule has 2 heterocycles. The van der Waals surface area contributed by atoms with Gasteiger partial charge in [0.15, 0.2) is 0 Å². The number of likely N-dealkylation sites (tertiary alicyclic amines) is 1. The Kier molecular flexibility index (Phi) is 1.90. The van der Waals surface area contributed by atoms with E-state index in [0.29, 0.717) is 12.0 Å². The fraction of sp³-hybridized carbons (Fsp3) is 0.875. The van der Waals surface area contributed by atoms with Crippen molar-refractivity contribution in [2.24, 2.45) is 5.92 Å². The summed E-state index contributed by atoms with van der Waals surface area (Å²) in [5.41, 5.74) is 6.27. The van der Waals surface area contributed by atoms with Gasteiger partial charge in [-0.2, -0.15) is 0 Å². The van der Waals surface area contributed by atoms with Crippen LogP contribution in [-0.2, 0) is 4.79 Å². The first kappa shape index (κ1) is 8.16. The minimum absolute atomic E-state index is 0.0741. The van der Waals surface area contributed by atoms with Gasteiger partial charge in [0.2, 0.25) is 0 Å². The Balaban J connectivity index is 2.15. The maximum Gasteiger partial charge on any atom is 0.148 e. The predicted molar refractivity (Wildman–Crippen MR) is 45.5 cm³/mol. The van der Waals surface area contributed by atoms with Crippen molar-refractivity contribution in [3.63, 3.8) is 0 Å². The Bertz CT molecular complexity index is 206. The van der Waals surface area contributed by atoms with Crippen LogP contribution >= 0.6 is 0 Å². The highest BCUT2D eigenvalue weighted by molar-refractivity contribution is 5.82. The third kappa shape index (κ3) is 1.07. The molecular formula is C8H15N3O. The number of rotatable bonds is 1. The molecule has 2 N–H and O–H groups in total. The number of likely N-dealkylation sites (N-methyl/N-ethyl adjacent to an activating group) is 1. The molecule has 0 aromatic rings. The number of nitrogens with zero attached hydrogens (tertiary/aromatic N) is 1. The zero-order valence-corrected chi connectivity index (χ0v) is 7.50. The Morgan fingerprint density at radius 2 is 2.33 bits per heavy atom. The molecule has 0 bridgehead atoms. The lowest BCUT2D eigenvalue weighted by atomic mass is 9.99. The van der Waals surface area contributed by atoms with Crippen molar-refractivity contribution in [3.8, 4) is 0 Å². The van der Waals surface area contributed by atoms with Gasteiger partial charge in [-0.05, 0) is 14.0 Å². The van der Waals surface area contributed by atoms with Gasteiger partial charge in [0.25, 0.3) is 0 Å². The van der Waals surface area contributed by atoms with Crippen LogP contribution < -0.4 is 10.9 Å². The van der Waals surface area contributed by atoms with Gasteiger partial charge in [0.1, 0.15) is 5.78 Å². The van der Waals surface area contributed by atoms with Crippen molar-refractivity contribution in [2.75, 3.05) is 20.1 Å². The number of ketones is 1. The van der Waals surface area contributed by atoms with Crippen molar-refractivity contribution in [2.45, 2.75) is 19.0 Å². The molecule has 12 heavy (non-hydrogen) atoms. The normalized spacial score (nSPS) is 41.7. The molecule has 3 atom stereocenters. The fourth-order valence-corrected chi connectivity index (χ4v) is 2.39. The monoisotopic (exact) mass is 169 g/mol. The van der Waals surface area contributed by atoms with Crippen LogP contribution in [0, 0.1) is 5.92 Å². The van der Waals surface area contributed by atoms with Crippen LogP contribution in [0.25, 0.3) is 0 Å². The minimum atomic E-state index is 0.0741. The molecule has 0 aromatic heterocycles. The van der Waals surface area contributed by atoms with Gasteiger partial charge in [-0.1, -0.05) is 0 Å². The first-order chi connectivity index (χ1) is 5.70. The van der Waals surface area contributed by atoms with E-state index in [0.717, 1.165) is 13.1 Å². The third-order valence-corrected chi connectivity index (χ3v) is 2.89. The van der Waals surface area contributed by atoms with Gasteiger partial charge in [0.05, 0.1) is 6.04 Å². The van der Waals surface area contributed by atoms with E-state index in [2.05, 4.69) is 15.8 Å². The SMILES string of the molecule is CC(=O)C1C2NNCC2CN1C. The van der Waals surface area contributed by atoms with E-state index < -0.39 is 0 Å². The van der Waals surface area contributed by atoms with Crippen molar-refractivity contribution in [3.05, 3.63) is 0 Å². The van der Waals surface area contributed by atoms with Crippen molar-refractivity contribution in [1.82, 2.24) is 15.8 Å². The molecule has 2 saturated heterocycles. The number of fused-ring (bicyclic) bond motifs is 1. The number of nitrogens with one attached hydrogen (secondary N) is 2. The van der Waals surface area contributed by atoms with Gasteiger partial charge in [-0.3, -0.25) is 20.5 Å². The summed E-state index contributed by atoms with van der Waals surface area (Å²) in [4.78, 5) is 13.4. The predicted octanol–water partition coefficient (Wildman–Crippen LogP) is -1.02. The van der Waals surface area contributed by atoms with Crippen LogP contribution in [0.1, 0.15) is 6.92 Å². The Morgan fingerprint density at radius 3 is 3.00 bits per heavy atom. The van der Waals surface area contributed by atoms with Crippen LogP contribution in [0.2, 0.25) is 0 Å². The molecule has 4 nitrogen and oxygen atoms in total. The lowest BCUT2D eigenvalue weighted by Crippen LogP contribution is -2.46. The maximum absolute atomic E-state index is 11.3. The Labute approximate surface area is 72.3 Å². The lowest BCUT2D eigenvalue weighted by Gasteiger charge is -2.21. The minimum Gasteiger partial charge on any atom is -0.298 e. The van der Waals surface area contributed by atoms with Gasteiger partial charge in [-0.15, -0.1) is 0 Å². The zero-order valence-electron chi connectivity index (χ0n) is 7.50.